The van der Waals surface area contributed by atoms with Crippen LogP contribution in [-0.2, 0) is 24.0 Å². The number of halogens is 3. The zero-order valence-corrected chi connectivity index (χ0v) is 19.5. The molecule has 0 amide bonds. The SMILES string of the molecule is Cc1nc2n(c(=O)c1Cc1ccccc1)CN(CC1CCCO1)CN2c1cccc(C(F)(F)F)c1. The monoisotopic (exact) mass is 484 g/mol. The maximum atomic E-state index is 13.7. The van der Waals surface area contributed by atoms with E-state index < -0.39 is 11.7 Å². The fourth-order valence-electron chi connectivity index (χ4n) is 4.77. The summed E-state index contributed by atoms with van der Waals surface area (Å²) >= 11 is 0. The molecule has 2 aliphatic heterocycles. The van der Waals surface area contributed by atoms with Crippen molar-refractivity contribution in [1.29, 1.82) is 0 Å². The van der Waals surface area contributed by atoms with Gasteiger partial charge in [-0.15, -0.1) is 0 Å². The summed E-state index contributed by atoms with van der Waals surface area (Å²) in [5.41, 5.74) is 1.59. The Morgan fingerprint density at radius 1 is 1.09 bits per heavy atom. The van der Waals surface area contributed by atoms with Gasteiger partial charge in [0.25, 0.3) is 5.56 Å². The molecule has 35 heavy (non-hydrogen) atoms. The van der Waals surface area contributed by atoms with E-state index in [4.69, 9.17) is 9.72 Å². The number of hydrogen-bond acceptors (Lipinski definition) is 5. The maximum Gasteiger partial charge on any atom is 0.416 e. The Kier molecular flexibility index (Phi) is 6.37. The summed E-state index contributed by atoms with van der Waals surface area (Å²) in [6.45, 7) is 3.69. The molecule has 0 aliphatic carbocycles. The second kappa shape index (κ2) is 9.47. The zero-order valence-electron chi connectivity index (χ0n) is 19.5. The number of anilines is 2. The lowest BCUT2D eigenvalue weighted by Crippen LogP contribution is -2.50. The second-order valence-corrected chi connectivity index (χ2v) is 9.12. The normalized spacial score (nSPS) is 18.6. The first-order valence-corrected chi connectivity index (χ1v) is 11.7. The topological polar surface area (TPSA) is 50.6 Å². The van der Waals surface area contributed by atoms with Gasteiger partial charge in [-0.1, -0.05) is 36.4 Å². The minimum absolute atomic E-state index is 0.0396. The number of aromatic nitrogens is 2. The predicted octanol–water partition coefficient (Wildman–Crippen LogP) is 4.71. The molecule has 184 valence electrons. The molecule has 2 aromatic carbocycles. The Morgan fingerprint density at radius 3 is 2.60 bits per heavy atom. The van der Waals surface area contributed by atoms with Crippen LogP contribution in [0.15, 0.2) is 59.4 Å². The molecule has 1 unspecified atom stereocenters. The second-order valence-electron chi connectivity index (χ2n) is 9.12. The third-order valence-corrected chi connectivity index (χ3v) is 6.57. The van der Waals surface area contributed by atoms with Crippen LogP contribution < -0.4 is 10.5 Å². The molecule has 1 atom stereocenters. The van der Waals surface area contributed by atoms with Crippen molar-refractivity contribution in [3.05, 3.63) is 87.3 Å². The highest BCUT2D eigenvalue weighted by molar-refractivity contribution is 5.60. The van der Waals surface area contributed by atoms with E-state index >= 15 is 0 Å². The summed E-state index contributed by atoms with van der Waals surface area (Å²) in [5.74, 6) is 0.354. The Labute approximate surface area is 201 Å². The lowest BCUT2D eigenvalue weighted by molar-refractivity contribution is -0.137. The molecule has 0 saturated carbocycles. The molecule has 6 nitrogen and oxygen atoms in total. The van der Waals surface area contributed by atoms with Gasteiger partial charge in [0.2, 0.25) is 5.95 Å². The van der Waals surface area contributed by atoms with E-state index in [1.807, 2.05) is 35.2 Å². The number of rotatable bonds is 5. The molecule has 1 fully saturated rings. The number of benzene rings is 2. The Bertz CT molecular complexity index is 1250. The van der Waals surface area contributed by atoms with E-state index in [9.17, 15) is 18.0 Å². The van der Waals surface area contributed by atoms with Crippen LogP contribution in [0.4, 0.5) is 24.8 Å². The molecule has 3 heterocycles. The minimum atomic E-state index is -4.47. The van der Waals surface area contributed by atoms with Gasteiger partial charge in [0.1, 0.15) is 0 Å². The highest BCUT2D eigenvalue weighted by Gasteiger charge is 2.33. The predicted molar refractivity (Wildman–Crippen MR) is 127 cm³/mol. The number of hydrogen-bond donors (Lipinski definition) is 0. The van der Waals surface area contributed by atoms with Crippen molar-refractivity contribution in [1.82, 2.24) is 14.5 Å². The highest BCUT2D eigenvalue weighted by Crippen LogP contribution is 2.34. The number of fused-ring (bicyclic) bond motifs is 1. The quantitative estimate of drug-likeness (QED) is 0.525. The number of aryl methyl sites for hydroxylation is 1. The van der Waals surface area contributed by atoms with Crippen molar-refractivity contribution >= 4 is 11.6 Å². The molecule has 0 radical (unpaired) electrons. The van der Waals surface area contributed by atoms with Gasteiger partial charge in [0, 0.05) is 30.8 Å². The van der Waals surface area contributed by atoms with E-state index in [1.165, 1.54) is 6.07 Å². The van der Waals surface area contributed by atoms with Gasteiger partial charge in [-0.2, -0.15) is 13.2 Å². The van der Waals surface area contributed by atoms with Crippen molar-refractivity contribution in [3.8, 4) is 0 Å². The Morgan fingerprint density at radius 2 is 1.89 bits per heavy atom. The summed E-state index contributed by atoms with van der Waals surface area (Å²) in [6, 6.07) is 14.9. The molecule has 3 aromatic rings. The van der Waals surface area contributed by atoms with Crippen molar-refractivity contribution in [2.45, 2.75) is 45.1 Å². The van der Waals surface area contributed by atoms with Crippen molar-refractivity contribution in [3.63, 3.8) is 0 Å². The lowest BCUT2D eigenvalue weighted by atomic mass is 10.1. The molecule has 1 aromatic heterocycles. The molecular weight excluding hydrogens is 457 g/mol. The summed E-state index contributed by atoms with van der Waals surface area (Å²) in [6.07, 6.45) is -2.08. The highest BCUT2D eigenvalue weighted by atomic mass is 19.4. The number of ether oxygens (including phenoxy) is 1. The molecule has 0 spiro atoms. The summed E-state index contributed by atoms with van der Waals surface area (Å²) in [4.78, 5) is 22.1. The van der Waals surface area contributed by atoms with Crippen LogP contribution in [0.3, 0.4) is 0 Å². The fraction of sp³-hybridized carbons (Fsp3) is 0.385. The van der Waals surface area contributed by atoms with Crippen LogP contribution in [-0.4, -0.2) is 40.4 Å². The molecular formula is C26H27F3N4O2. The number of alkyl halides is 3. The first kappa shape index (κ1) is 23.6. The third kappa shape index (κ3) is 4.97. The van der Waals surface area contributed by atoms with Gasteiger partial charge in [-0.3, -0.25) is 19.2 Å². The molecule has 0 N–H and O–H groups in total. The van der Waals surface area contributed by atoms with E-state index in [0.717, 1.165) is 30.5 Å². The average molecular weight is 485 g/mol. The van der Waals surface area contributed by atoms with E-state index in [1.54, 1.807) is 22.5 Å². The van der Waals surface area contributed by atoms with E-state index in [0.29, 0.717) is 55.8 Å². The first-order chi connectivity index (χ1) is 16.8. The van der Waals surface area contributed by atoms with E-state index in [2.05, 4.69) is 0 Å². The summed E-state index contributed by atoms with van der Waals surface area (Å²) in [7, 11) is 0. The van der Waals surface area contributed by atoms with Gasteiger partial charge < -0.3 is 4.74 Å². The van der Waals surface area contributed by atoms with Crippen molar-refractivity contribution in [2.75, 3.05) is 24.7 Å². The van der Waals surface area contributed by atoms with Crippen LogP contribution in [0.5, 0.6) is 0 Å². The molecule has 1 saturated heterocycles. The lowest BCUT2D eigenvalue weighted by Gasteiger charge is -2.39. The Balaban J connectivity index is 1.57. The zero-order chi connectivity index (χ0) is 24.6. The Hall–Kier alpha value is -3.17. The largest absolute Gasteiger partial charge is 0.416 e. The average Bonchev–Trinajstić information content (AvgIpc) is 3.35. The fourth-order valence-corrected chi connectivity index (χ4v) is 4.77. The number of nitrogens with zero attached hydrogens (tertiary/aromatic N) is 4. The van der Waals surface area contributed by atoms with Crippen LogP contribution in [0.25, 0.3) is 0 Å². The minimum Gasteiger partial charge on any atom is -0.377 e. The smallest absolute Gasteiger partial charge is 0.377 e. The van der Waals surface area contributed by atoms with Gasteiger partial charge in [-0.25, -0.2) is 4.98 Å². The van der Waals surface area contributed by atoms with E-state index in [-0.39, 0.29) is 11.7 Å². The van der Waals surface area contributed by atoms with Crippen LogP contribution >= 0.6 is 0 Å². The molecule has 2 aliphatic rings. The molecule has 5 rings (SSSR count). The van der Waals surface area contributed by atoms with Crippen LogP contribution in [0.2, 0.25) is 0 Å². The third-order valence-electron chi connectivity index (χ3n) is 6.57. The molecule has 9 heteroatoms. The molecule has 0 bridgehead atoms. The van der Waals surface area contributed by atoms with Crippen LogP contribution in [0.1, 0.15) is 35.2 Å². The van der Waals surface area contributed by atoms with Gasteiger partial charge >= 0.3 is 6.18 Å². The summed E-state index contributed by atoms with van der Waals surface area (Å²) in [5, 5.41) is 0. The van der Waals surface area contributed by atoms with Gasteiger partial charge in [-0.05, 0) is 43.5 Å². The standard InChI is InChI=1S/C26H27F3N4O2/c1-18-23(13-19-7-3-2-4-8-19)24(34)33-17-31(15-22-11-6-12-35-22)16-32(25(33)30-18)21-10-5-9-20(14-21)26(27,28)29/h2-5,7-10,14,22H,6,11-13,15-17H2,1H3. The first-order valence-electron chi connectivity index (χ1n) is 11.7. The van der Waals surface area contributed by atoms with Gasteiger partial charge in [0.05, 0.1) is 30.7 Å². The van der Waals surface area contributed by atoms with Gasteiger partial charge in [0.15, 0.2) is 0 Å². The summed E-state index contributed by atoms with van der Waals surface area (Å²) < 4.78 is 47.7. The van der Waals surface area contributed by atoms with Crippen molar-refractivity contribution in [2.24, 2.45) is 0 Å². The maximum absolute atomic E-state index is 13.7. The van der Waals surface area contributed by atoms with Crippen molar-refractivity contribution < 1.29 is 17.9 Å². The van der Waals surface area contributed by atoms with Crippen LogP contribution in [0, 0.1) is 6.92 Å².